The fourth-order valence-electron chi connectivity index (χ4n) is 1.93. The number of hydrogen-bond donors (Lipinski definition) is 1. The molecule has 16 heavy (non-hydrogen) atoms. The van der Waals surface area contributed by atoms with Gasteiger partial charge in [0.15, 0.2) is 0 Å². The summed E-state index contributed by atoms with van der Waals surface area (Å²) < 4.78 is 0. The van der Waals surface area contributed by atoms with Gasteiger partial charge in [-0.15, -0.1) is 0 Å². The second kappa shape index (κ2) is 6.59. The highest BCUT2D eigenvalue weighted by atomic mass is 14.9. The monoisotopic (exact) mass is 221 g/mol. The van der Waals surface area contributed by atoms with Gasteiger partial charge in [0.2, 0.25) is 0 Å². The molecule has 0 saturated heterocycles. The van der Waals surface area contributed by atoms with Crippen molar-refractivity contribution < 1.29 is 0 Å². The first-order chi connectivity index (χ1) is 7.69. The van der Waals surface area contributed by atoms with Crippen molar-refractivity contribution in [3.05, 3.63) is 23.8 Å². The topological polar surface area (TPSA) is 37.8 Å². The molecule has 1 aromatic heterocycles. The van der Waals surface area contributed by atoms with Gasteiger partial charge in [-0.25, -0.2) is 9.97 Å². The van der Waals surface area contributed by atoms with Crippen LogP contribution in [0.2, 0.25) is 0 Å². The summed E-state index contributed by atoms with van der Waals surface area (Å²) in [5.41, 5.74) is 2.19. The second-order valence-corrected chi connectivity index (χ2v) is 4.34. The van der Waals surface area contributed by atoms with E-state index in [2.05, 4.69) is 42.1 Å². The Labute approximate surface area is 98.7 Å². The van der Waals surface area contributed by atoms with E-state index in [4.69, 9.17) is 0 Å². The van der Waals surface area contributed by atoms with Crippen LogP contribution < -0.4 is 5.32 Å². The van der Waals surface area contributed by atoms with Crippen molar-refractivity contribution in [1.29, 1.82) is 0 Å². The summed E-state index contributed by atoms with van der Waals surface area (Å²) in [6.07, 6.45) is 3.96. The van der Waals surface area contributed by atoms with Crippen LogP contribution in [0, 0.1) is 6.92 Å². The molecule has 0 spiro atoms. The molecule has 2 unspecified atom stereocenters. The molecular formula is C13H23N3. The zero-order valence-electron chi connectivity index (χ0n) is 10.8. The Morgan fingerprint density at radius 3 is 2.62 bits per heavy atom. The average Bonchev–Trinajstić information content (AvgIpc) is 2.29. The van der Waals surface area contributed by atoms with E-state index < -0.39 is 0 Å². The van der Waals surface area contributed by atoms with Crippen LogP contribution in [0.1, 0.15) is 50.9 Å². The van der Waals surface area contributed by atoms with Crippen LogP contribution in [-0.2, 0) is 0 Å². The van der Waals surface area contributed by atoms with E-state index in [-0.39, 0.29) is 0 Å². The Hall–Kier alpha value is -0.960. The van der Waals surface area contributed by atoms with Gasteiger partial charge >= 0.3 is 0 Å². The molecule has 1 N–H and O–H groups in total. The van der Waals surface area contributed by atoms with Gasteiger partial charge in [-0.1, -0.05) is 20.8 Å². The molecule has 0 bridgehead atoms. The highest BCUT2D eigenvalue weighted by Gasteiger charge is 2.17. The Bertz CT molecular complexity index is 312. The highest BCUT2D eigenvalue weighted by Crippen LogP contribution is 2.19. The molecule has 3 nitrogen and oxygen atoms in total. The SMILES string of the molecule is CCCNC(CC)C(C)c1cc(C)ncn1. The Morgan fingerprint density at radius 1 is 1.31 bits per heavy atom. The van der Waals surface area contributed by atoms with E-state index in [9.17, 15) is 0 Å². The van der Waals surface area contributed by atoms with Gasteiger partial charge in [-0.3, -0.25) is 0 Å². The molecule has 2 atom stereocenters. The third-order valence-corrected chi connectivity index (χ3v) is 2.99. The van der Waals surface area contributed by atoms with Crippen LogP contribution in [0.5, 0.6) is 0 Å². The number of aromatic nitrogens is 2. The molecule has 0 aromatic carbocycles. The van der Waals surface area contributed by atoms with Crippen LogP contribution in [0.25, 0.3) is 0 Å². The van der Waals surface area contributed by atoms with Crippen LogP contribution in [0.3, 0.4) is 0 Å². The lowest BCUT2D eigenvalue weighted by Crippen LogP contribution is -2.34. The maximum absolute atomic E-state index is 4.37. The minimum Gasteiger partial charge on any atom is -0.313 e. The first-order valence-corrected chi connectivity index (χ1v) is 6.21. The zero-order valence-corrected chi connectivity index (χ0v) is 10.8. The van der Waals surface area contributed by atoms with E-state index in [1.165, 1.54) is 6.42 Å². The molecule has 1 heterocycles. The lowest BCUT2D eigenvalue weighted by molar-refractivity contribution is 0.432. The molecule has 0 radical (unpaired) electrons. The fraction of sp³-hybridized carbons (Fsp3) is 0.692. The lowest BCUT2D eigenvalue weighted by Gasteiger charge is -2.23. The fourth-order valence-corrected chi connectivity index (χ4v) is 1.93. The van der Waals surface area contributed by atoms with Crippen LogP contribution in [-0.4, -0.2) is 22.6 Å². The van der Waals surface area contributed by atoms with Crippen molar-refractivity contribution >= 4 is 0 Å². The number of rotatable bonds is 6. The van der Waals surface area contributed by atoms with Gasteiger partial charge in [0, 0.05) is 23.3 Å². The predicted molar refractivity (Wildman–Crippen MR) is 67.6 cm³/mol. The molecular weight excluding hydrogens is 198 g/mol. The maximum Gasteiger partial charge on any atom is 0.115 e. The van der Waals surface area contributed by atoms with Crippen LogP contribution in [0.4, 0.5) is 0 Å². The summed E-state index contributed by atoms with van der Waals surface area (Å²) in [6.45, 7) is 9.74. The number of nitrogens with zero attached hydrogens (tertiary/aromatic N) is 2. The molecule has 0 amide bonds. The molecule has 0 saturated carbocycles. The minimum absolute atomic E-state index is 0.443. The van der Waals surface area contributed by atoms with E-state index in [0.29, 0.717) is 12.0 Å². The van der Waals surface area contributed by atoms with Gasteiger partial charge in [-0.2, -0.15) is 0 Å². The van der Waals surface area contributed by atoms with Crippen molar-refractivity contribution in [2.75, 3.05) is 6.54 Å². The highest BCUT2D eigenvalue weighted by molar-refractivity contribution is 5.12. The van der Waals surface area contributed by atoms with E-state index in [1.54, 1.807) is 6.33 Å². The number of hydrogen-bond acceptors (Lipinski definition) is 3. The lowest BCUT2D eigenvalue weighted by atomic mass is 9.95. The van der Waals surface area contributed by atoms with E-state index >= 15 is 0 Å². The molecule has 1 rings (SSSR count). The molecule has 3 heteroatoms. The van der Waals surface area contributed by atoms with Crippen LogP contribution in [0.15, 0.2) is 12.4 Å². The summed E-state index contributed by atoms with van der Waals surface area (Å²) in [5, 5.41) is 3.58. The molecule has 0 aliphatic rings. The van der Waals surface area contributed by atoms with Gasteiger partial charge in [0.05, 0.1) is 0 Å². The quantitative estimate of drug-likeness (QED) is 0.802. The zero-order chi connectivity index (χ0) is 12.0. The summed E-state index contributed by atoms with van der Waals surface area (Å²) in [6, 6.07) is 2.59. The minimum atomic E-state index is 0.443. The summed E-state index contributed by atoms with van der Waals surface area (Å²) in [5.74, 6) is 0.443. The normalized spacial score (nSPS) is 14.8. The molecule has 0 aliphatic carbocycles. The van der Waals surface area contributed by atoms with E-state index in [1.807, 2.05) is 6.92 Å². The second-order valence-electron chi connectivity index (χ2n) is 4.34. The predicted octanol–water partition coefficient (Wildman–Crippen LogP) is 2.67. The van der Waals surface area contributed by atoms with Crippen molar-refractivity contribution in [1.82, 2.24) is 15.3 Å². The van der Waals surface area contributed by atoms with Gasteiger partial charge < -0.3 is 5.32 Å². The Kier molecular flexibility index (Phi) is 5.39. The van der Waals surface area contributed by atoms with Gasteiger partial charge in [0.1, 0.15) is 6.33 Å². The first-order valence-electron chi connectivity index (χ1n) is 6.21. The van der Waals surface area contributed by atoms with E-state index in [0.717, 1.165) is 24.4 Å². The van der Waals surface area contributed by atoms with Crippen molar-refractivity contribution in [2.45, 2.75) is 52.5 Å². The average molecular weight is 221 g/mol. The van der Waals surface area contributed by atoms with Gasteiger partial charge in [-0.05, 0) is 32.4 Å². The molecule has 0 aliphatic heterocycles. The summed E-state index contributed by atoms with van der Waals surface area (Å²) in [4.78, 5) is 8.50. The largest absolute Gasteiger partial charge is 0.313 e. The summed E-state index contributed by atoms with van der Waals surface area (Å²) in [7, 11) is 0. The smallest absolute Gasteiger partial charge is 0.115 e. The molecule has 1 aromatic rings. The third-order valence-electron chi connectivity index (χ3n) is 2.99. The first kappa shape index (κ1) is 13.1. The molecule has 90 valence electrons. The van der Waals surface area contributed by atoms with Gasteiger partial charge in [0.25, 0.3) is 0 Å². The van der Waals surface area contributed by atoms with Crippen molar-refractivity contribution in [3.8, 4) is 0 Å². The van der Waals surface area contributed by atoms with Crippen molar-refractivity contribution in [3.63, 3.8) is 0 Å². The Balaban J connectivity index is 2.70. The Morgan fingerprint density at radius 2 is 2.06 bits per heavy atom. The summed E-state index contributed by atoms with van der Waals surface area (Å²) >= 11 is 0. The number of aryl methyl sites for hydroxylation is 1. The molecule has 0 fully saturated rings. The van der Waals surface area contributed by atoms with Crippen molar-refractivity contribution in [2.24, 2.45) is 0 Å². The van der Waals surface area contributed by atoms with Crippen LogP contribution >= 0.6 is 0 Å². The number of nitrogens with one attached hydrogen (secondary N) is 1. The standard InChI is InChI=1S/C13H23N3/c1-5-7-14-12(6-2)11(4)13-8-10(3)15-9-16-13/h8-9,11-12,14H,5-7H2,1-4H3. The third kappa shape index (κ3) is 3.56. The maximum atomic E-state index is 4.37.